The van der Waals surface area contributed by atoms with Crippen molar-refractivity contribution in [1.29, 1.82) is 0 Å². The van der Waals surface area contributed by atoms with Crippen LogP contribution in [-0.2, 0) is 0 Å². The fourth-order valence-corrected chi connectivity index (χ4v) is 1.15. The highest BCUT2D eigenvalue weighted by atomic mass is 16.5. The summed E-state index contributed by atoms with van der Waals surface area (Å²) in [6.07, 6.45) is 2.58. The molecule has 1 radical (unpaired) electrons. The molecule has 0 aliphatic rings. The second kappa shape index (κ2) is 4.81. The second-order valence-corrected chi connectivity index (χ2v) is 2.96. The van der Waals surface area contributed by atoms with Gasteiger partial charge in [0.25, 0.3) is 0 Å². The zero-order valence-corrected chi connectivity index (χ0v) is 7.71. The van der Waals surface area contributed by atoms with Crippen molar-refractivity contribution in [1.82, 2.24) is 0 Å². The van der Waals surface area contributed by atoms with Crippen LogP contribution in [0.2, 0.25) is 0 Å². The van der Waals surface area contributed by atoms with Crippen LogP contribution in [0.25, 0.3) is 0 Å². The third-order valence-electron chi connectivity index (χ3n) is 1.71. The normalized spacial score (nSPS) is 12.5. The Morgan fingerprint density at radius 1 is 1.58 bits per heavy atom. The molecule has 0 fully saturated rings. The van der Waals surface area contributed by atoms with Crippen LogP contribution in [0.15, 0.2) is 24.3 Å². The average Bonchev–Trinajstić information content (AvgIpc) is 2.06. The summed E-state index contributed by atoms with van der Waals surface area (Å²) in [5, 5.41) is 0. The third kappa shape index (κ3) is 2.95. The maximum absolute atomic E-state index is 5.62. The summed E-state index contributed by atoms with van der Waals surface area (Å²) in [7, 11) is 0. The molecule has 0 saturated carbocycles. The molecule has 65 valence electrons. The molecule has 0 saturated heterocycles. The highest BCUT2D eigenvalue weighted by molar-refractivity contribution is 5.20. The van der Waals surface area contributed by atoms with Crippen molar-refractivity contribution in [2.45, 2.75) is 32.8 Å². The molecule has 0 bridgehead atoms. The van der Waals surface area contributed by atoms with Gasteiger partial charge in [-0.25, -0.2) is 0 Å². The van der Waals surface area contributed by atoms with Crippen molar-refractivity contribution < 1.29 is 4.74 Å². The Balaban J connectivity index is 2.41. The smallest absolute Gasteiger partial charge is 0.120 e. The lowest BCUT2D eigenvalue weighted by molar-refractivity contribution is 0.210. The number of hydrogen-bond acceptors (Lipinski definition) is 1. The largest absolute Gasteiger partial charge is 0.491 e. The Hall–Kier alpha value is -0.980. The van der Waals surface area contributed by atoms with E-state index < -0.39 is 0 Å². The number of rotatable bonds is 4. The minimum Gasteiger partial charge on any atom is -0.491 e. The van der Waals surface area contributed by atoms with Crippen LogP contribution in [0, 0.1) is 6.07 Å². The van der Waals surface area contributed by atoms with Gasteiger partial charge in [0.15, 0.2) is 0 Å². The lowest BCUT2D eigenvalue weighted by Crippen LogP contribution is -2.10. The summed E-state index contributed by atoms with van der Waals surface area (Å²) >= 11 is 0. The van der Waals surface area contributed by atoms with Crippen LogP contribution in [0.4, 0.5) is 0 Å². The molecule has 12 heavy (non-hydrogen) atoms. The Labute approximate surface area is 74.4 Å². The topological polar surface area (TPSA) is 9.23 Å². The predicted molar refractivity (Wildman–Crippen MR) is 50.3 cm³/mol. The summed E-state index contributed by atoms with van der Waals surface area (Å²) in [6, 6.07) is 10.6. The van der Waals surface area contributed by atoms with Crippen molar-refractivity contribution in [2.24, 2.45) is 0 Å². The standard InChI is InChI=1S/C11H15O/c1-3-7-10(2)12-11-8-5-4-6-9-11/h4-5,8-10H,3,7H2,1-2H3. The molecule has 1 unspecified atom stereocenters. The van der Waals surface area contributed by atoms with Gasteiger partial charge in [0.1, 0.15) is 5.75 Å². The van der Waals surface area contributed by atoms with E-state index in [-0.39, 0.29) is 0 Å². The Bertz CT molecular complexity index is 206. The first-order valence-electron chi connectivity index (χ1n) is 4.45. The van der Waals surface area contributed by atoms with E-state index in [1.807, 2.05) is 24.3 Å². The SMILES string of the molecule is CCCC(C)Oc1c[c]ccc1. The fraction of sp³-hybridized carbons (Fsp3) is 0.455. The van der Waals surface area contributed by atoms with Crippen LogP contribution < -0.4 is 4.74 Å². The Morgan fingerprint density at radius 3 is 3.00 bits per heavy atom. The van der Waals surface area contributed by atoms with Crippen molar-refractivity contribution in [3.05, 3.63) is 30.3 Å². The van der Waals surface area contributed by atoms with Crippen LogP contribution in [0.1, 0.15) is 26.7 Å². The van der Waals surface area contributed by atoms with Gasteiger partial charge in [0.05, 0.1) is 6.10 Å². The first-order chi connectivity index (χ1) is 5.83. The highest BCUT2D eigenvalue weighted by Gasteiger charge is 2.00. The lowest BCUT2D eigenvalue weighted by atomic mass is 10.2. The van der Waals surface area contributed by atoms with Gasteiger partial charge < -0.3 is 4.74 Å². The molecule has 1 aromatic carbocycles. The molecule has 1 heteroatoms. The van der Waals surface area contributed by atoms with Crippen molar-refractivity contribution in [2.75, 3.05) is 0 Å². The van der Waals surface area contributed by atoms with Gasteiger partial charge in [0.2, 0.25) is 0 Å². The van der Waals surface area contributed by atoms with E-state index in [1.54, 1.807) is 0 Å². The molecule has 0 N–H and O–H groups in total. The summed E-state index contributed by atoms with van der Waals surface area (Å²) in [5.41, 5.74) is 0. The number of ether oxygens (including phenoxy) is 1. The van der Waals surface area contributed by atoms with Crippen LogP contribution in [0.5, 0.6) is 5.75 Å². The Kier molecular flexibility index (Phi) is 3.65. The van der Waals surface area contributed by atoms with E-state index in [0.717, 1.165) is 18.6 Å². The summed E-state index contributed by atoms with van der Waals surface area (Å²) in [6.45, 7) is 4.26. The van der Waals surface area contributed by atoms with E-state index >= 15 is 0 Å². The molecule has 0 spiro atoms. The molecule has 1 atom stereocenters. The van der Waals surface area contributed by atoms with Gasteiger partial charge in [0, 0.05) is 0 Å². The van der Waals surface area contributed by atoms with E-state index in [4.69, 9.17) is 4.74 Å². The first-order valence-corrected chi connectivity index (χ1v) is 4.45. The summed E-state index contributed by atoms with van der Waals surface area (Å²) < 4.78 is 5.62. The fourth-order valence-electron chi connectivity index (χ4n) is 1.15. The van der Waals surface area contributed by atoms with E-state index in [2.05, 4.69) is 19.9 Å². The van der Waals surface area contributed by atoms with E-state index in [9.17, 15) is 0 Å². The van der Waals surface area contributed by atoms with Gasteiger partial charge in [-0.1, -0.05) is 25.5 Å². The predicted octanol–water partition coefficient (Wildman–Crippen LogP) is 3.05. The maximum atomic E-state index is 5.62. The molecule has 0 heterocycles. The van der Waals surface area contributed by atoms with E-state index in [0.29, 0.717) is 6.10 Å². The average molecular weight is 163 g/mol. The molecule has 1 aromatic rings. The van der Waals surface area contributed by atoms with Crippen LogP contribution in [0.3, 0.4) is 0 Å². The molecule has 1 nitrogen and oxygen atoms in total. The van der Waals surface area contributed by atoms with Crippen molar-refractivity contribution in [3.63, 3.8) is 0 Å². The summed E-state index contributed by atoms with van der Waals surface area (Å²) in [5.74, 6) is 0.915. The molecular formula is C11H15O. The molecule has 0 aliphatic heterocycles. The van der Waals surface area contributed by atoms with Gasteiger partial charge >= 0.3 is 0 Å². The lowest BCUT2D eigenvalue weighted by Gasteiger charge is -2.12. The minimum atomic E-state index is 0.311. The van der Waals surface area contributed by atoms with Crippen molar-refractivity contribution in [3.8, 4) is 5.75 Å². The van der Waals surface area contributed by atoms with Crippen LogP contribution in [-0.4, -0.2) is 6.10 Å². The van der Waals surface area contributed by atoms with Gasteiger partial charge in [-0.3, -0.25) is 0 Å². The summed E-state index contributed by atoms with van der Waals surface area (Å²) in [4.78, 5) is 0. The zero-order valence-electron chi connectivity index (χ0n) is 7.71. The maximum Gasteiger partial charge on any atom is 0.120 e. The number of hydrogen-bond donors (Lipinski definition) is 0. The number of benzene rings is 1. The van der Waals surface area contributed by atoms with Gasteiger partial charge in [-0.15, -0.1) is 0 Å². The van der Waals surface area contributed by atoms with Crippen LogP contribution >= 0.6 is 0 Å². The van der Waals surface area contributed by atoms with Gasteiger partial charge in [-0.05, 0) is 31.5 Å². The van der Waals surface area contributed by atoms with Crippen molar-refractivity contribution >= 4 is 0 Å². The molecule has 1 rings (SSSR count). The molecular weight excluding hydrogens is 148 g/mol. The molecule has 0 aromatic heterocycles. The second-order valence-electron chi connectivity index (χ2n) is 2.96. The Morgan fingerprint density at radius 2 is 2.42 bits per heavy atom. The quantitative estimate of drug-likeness (QED) is 0.662. The molecule has 0 amide bonds. The highest BCUT2D eigenvalue weighted by Crippen LogP contribution is 2.12. The monoisotopic (exact) mass is 163 g/mol. The third-order valence-corrected chi connectivity index (χ3v) is 1.71. The first kappa shape index (κ1) is 9.11. The van der Waals surface area contributed by atoms with E-state index in [1.165, 1.54) is 0 Å². The molecule has 0 aliphatic carbocycles. The zero-order chi connectivity index (χ0) is 8.81. The minimum absolute atomic E-state index is 0.311. The van der Waals surface area contributed by atoms with Gasteiger partial charge in [-0.2, -0.15) is 0 Å².